The first-order valence-corrected chi connectivity index (χ1v) is 2.19. The van der Waals surface area contributed by atoms with Gasteiger partial charge in [-0.05, 0) is 0 Å². The molecule has 0 fully saturated rings. The number of nitrogens with zero attached hydrogens (tertiary/aromatic N) is 1. The topological polar surface area (TPSA) is 12.9 Å². The standard InChI is InChI=1S/C6H6N.Zn/c1-6-3-2-4-7-5-6;/h2-4H,1H3;/q-1;. The Morgan fingerprint density at radius 1 is 1.62 bits per heavy atom. The first kappa shape index (κ1) is 7.77. The van der Waals surface area contributed by atoms with Crippen molar-refractivity contribution in [1.82, 2.24) is 4.98 Å². The molecule has 0 saturated heterocycles. The van der Waals surface area contributed by atoms with Crippen LogP contribution in [0.5, 0.6) is 0 Å². The van der Waals surface area contributed by atoms with Crippen molar-refractivity contribution >= 4 is 0 Å². The summed E-state index contributed by atoms with van der Waals surface area (Å²) in [5.74, 6) is 0. The normalized spacial score (nSPS) is 7.62. The maximum absolute atomic E-state index is 3.76. The van der Waals surface area contributed by atoms with E-state index in [9.17, 15) is 0 Å². The summed E-state index contributed by atoms with van der Waals surface area (Å²) >= 11 is 0. The summed E-state index contributed by atoms with van der Waals surface area (Å²) in [7, 11) is 0. The fraction of sp³-hybridized carbons (Fsp3) is 0.167. The monoisotopic (exact) mass is 156 g/mol. The Morgan fingerprint density at radius 2 is 2.38 bits per heavy atom. The van der Waals surface area contributed by atoms with Gasteiger partial charge < -0.3 is 4.98 Å². The third-order valence-electron chi connectivity index (χ3n) is 0.748. The van der Waals surface area contributed by atoms with E-state index in [0.29, 0.717) is 0 Å². The van der Waals surface area contributed by atoms with Gasteiger partial charge in [0.05, 0.1) is 0 Å². The predicted octanol–water partition coefficient (Wildman–Crippen LogP) is 1.19. The molecule has 1 aromatic heterocycles. The van der Waals surface area contributed by atoms with Gasteiger partial charge >= 0.3 is 0 Å². The Balaban J connectivity index is 0.000000490. The second-order valence-corrected chi connectivity index (χ2v) is 1.43. The van der Waals surface area contributed by atoms with Crippen LogP contribution < -0.4 is 0 Å². The molecule has 0 aliphatic heterocycles. The predicted molar refractivity (Wildman–Crippen MR) is 27.8 cm³/mol. The zero-order chi connectivity index (χ0) is 5.11. The average molecular weight is 158 g/mol. The Labute approximate surface area is 61.9 Å². The molecule has 2 heteroatoms. The molecule has 0 aromatic carbocycles. The Morgan fingerprint density at radius 3 is 2.62 bits per heavy atom. The van der Waals surface area contributed by atoms with Gasteiger partial charge in [0, 0.05) is 19.5 Å². The van der Waals surface area contributed by atoms with Crippen molar-refractivity contribution in [3.8, 4) is 0 Å². The molecule has 0 aliphatic rings. The van der Waals surface area contributed by atoms with Gasteiger partial charge in [-0.15, -0.1) is 5.56 Å². The summed E-state index contributed by atoms with van der Waals surface area (Å²) in [6, 6.07) is 3.86. The van der Waals surface area contributed by atoms with Crippen LogP contribution in [0.3, 0.4) is 0 Å². The van der Waals surface area contributed by atoms with Crippen LogP contribution in [-0.4, -0.2) is 4.98 Å². The van der Waals surface area contributed by atoms with E-state index in [4.69, 9.17) is 0 Å². The smallest absolute Gasteiger partial charge is 0 e. The van der Waals surface area contributed by atoms with Gasteiger partial charge in [0.2, 0.25) is 0 Å². The molecule has 1 heterocycles. The molecule has 38 valence electrons. The van der Waals surface area contributed by atoms with Crippen LogP contribution in [0, 0.1) is 13.1 Å². The molecule has 0 unspecified atom stereocenters. The minimum absolute atomic E-state index is 0. The maximum atomic E-state index is 3.76. The van der Waals surface area contributed by atoms with Crippen molar-refractivity contribution in [1.29, 1.82) is 0 Å². The van der Waals surface area contributed by atoms with E-state index < -0.39 is 0 Å². The van der Waals surface area contributed by atoms with Crippen molar-refractivity contribution in [3.05, 3.63) is 30.1 Å². The average Bonchev–Trinajstić information content (AvgIpc) is 1.69. The van der Waals surface area contributed by atoms with Crippen LogP contribution in [0.4, 0.5) is 0 Å². The van der Waals surface area contributed by atoms with Crippen molar-refractivity contribution in [2.45, 2.75) is 6.92 Å². The molecule has 8 heavy (non-hydrogen) atoms. The van der Waals surface area contributed by atoms with Crippen LogP contribution in [0.1, 0.15) is 5.56 Å². The maximum Gasteiger partial charge on any atom is 0 e. The van der Waals surface area contributed by atoms with Gasteiger partial charge in [-0.2, -0.15) is 12.1 Å². The largest absolute Gasteiger partial charge is 0.394 e. The number of hydrogen-bond donors (Lipinski definition) is 0. The van der Waals surface area contributed by atoms with Crippen molar-refractivity contribution < 1.29 is 19.5 Å². The van der Waals surface area contributed by atoms with Gasteiger partial charge in [0.1, 0.15) is 0 Å². The Hall–Kier alpha value is -0.227. The number of pyridine rings is 1. The van der Waals surface area contributed by atoms with E-state index in [1.54, 1.807) is 6.20 Å². The van der Waals surface area contributed by atoms with Crippen molar-refractivity contribution in [2.24, 2.45) is 0 Å². The zero-order valence-corrected chi connectivity index (χ0v) is 7.85. The minimum Gasteiger partial charge on any atom is -0.394 e. The molecule has 0 saturated carbocycles. The van der Waals surface area contributed by atoms with Crippen LogP contribution >= 0.6 is 0 Å². The molecule has 0 radical (unpaired) electrons. The van der Waals surface area contributed by atoms with Gasteiger partial charge in [-0.25, -0.2) is 0 Å². The molecule has 0 atom stereocenters. The second-order valence-electron chi connectivity index (χ2n) is 1.43. The molecule has 1 nitrogen and oxygen atoms in total. The third kappa shape index (κ3) is 2.18. The summed E-state index contributed by atoms with van der Waals surface area (Å²) in [5.41, 5.74) is 1.09. The molecule has 1 aromatic rings. The third-order valence-corrected chi connectivity index (χ3v) is 0.748. The summed E-state index contributed by atoms with van der Waals surface area (Å²) in [6.45, 7) is 1.97. The summed E-state index contributed by atoms with van der Waals surface area (Å²) < 4.78 is 0. The van der Waals surface area contributed by atoms with Gasteiger partial charge in [0.15, 0.2) is 0 Å². The number of hydrogen-bond acceptors (Lipinski definition) is 1. The molecule has 0 spiro atoms. The van der Waals surface area contributed by atoms with Crippen molar-refractivity contribution in [2.75, 3.05) is 0 Å². The summed E-state index contributed by atoms with van der Waals surface area (Å²) in [6.07, 6.45) is 4.50. The number of aromatic nitrogens is 1. The molecule has 0 bridgehead atoms. The van der Waals surface area contributed by atoms with Crippen molar-refractivity contribution in [3.63, 3.8) is 0 Å². The Kier molecular flexibility index (Phi) is 3.63. The number of aryl methyl sites for hydroxylation is 1. The van der Waals surface area contributed by atoms with E-state index in [1.165, 1.54) is 0 Å². The van der Waals surface area contributed by atoms with Crippen LogP contribution in [0.15, 0.2) is 18.3 Å². The SMILES string of the molecule is Cc1[c-]nccc1.[Zn]. The summed E-state index contributed by atoms with van der Waals surface area (Å²) in [5, 5.41) is 0. The van der Waals surface area contributed by atoms with E-state index in [1.807, 2.05) is 19.1 Å². The van der Waals surface area contributed by atoms with Gasteiger partial charge in [-0.3, -0.25) is 0 Å². The van der Waals surface area contributed by atoms with E-state index in [2.05, 4.69) is 11.2 Å². The van der Waals surface area contributed by atoms with E-state index in [-0.39, 0.29) is 19.5 Å². The summed E-state index contributed by atoms with van der Waals surface area (Å²) in [4.78, 5) is 3.76. The quantitative estimate of drug-likeness (QED) is 0.407. The fourth-order valence-corrected chi connectivity index (χ4v) is 0.407. The number of rotatable bonds is 0. The van der Waals surface area contributed by atoms with Gasteiger partial charge in [0.25, 0.3) is 0 Å². The van der Waals surface area contributed by atoms with Crippen LogP contribution in [-0.2, 0) is 19.5 Å². The van der Waals surface area contributed by atoms with Crippen LogP contribution in [0.25, 0.3) is 0 Å². The molecule has 0 aliphatic carbocycles. The van der Waals surface area contributed by atoms with Gasteiger partial charge in [-0.1, -0.05) is 19.3 Å². The van der Waals surface area contributed by atoms with E-state index >= 15 is 0 Å². The van der Waals surface area contributed by atoms with E-state index in [0.717, 1.165) is 5.56 Å². The molecule has 1 rings (SSSR count). The fourth-order valence-electron chi connectivity index (χ4n) is 0.407. The van der Waals surface area contributed by atoms with Crippen LogP contribution in [0.2, 0.25) is 0 Å². The molecular formula is C6H6NZn-. The molecule has 0 amide bonds. The first-order valence-electron chi connectivity index (χ1n) is 2.19. The molecular weight excluding hydrogens is 151 g/mol. The minimum atomic E-state index is 0. The molecule has 0 N–H and O–H groups in total. The second kappa shape index (κ2) is 3.74. The zero-order valence-electron chi connectivity index (χ0n) is 4.89. The Bertz CT molecular complexity index is 138. The first-order chi connectivity index (χ1) is 3.39.